The minimum absolute atomic E-state index is 0.332. The first-order chi connectivity index (χ1) is 7.87. The summed E-state index contributed by atoms with van der Waals surface area (Å²) in [6.45, 7) is 5.39. The van der Waals surface area contributed by atoms with Crippen molar-refractivity contribution in [2.45, 2.75) is 38.6 Å². The number of rotatable bonds is 2. The number of ether oxygens (including phenoxy) is 2. The molecule has 0 aromatic heterocycles. The van der Waals surface area contributed by atoms with Crippen LogP contribution in [0.1, 0.15) is 32.4 Å². The van der Waals surface area contributed by atoms with Gasteiger partial charge in [-0.15, -0.1) is 0 Å². The van der Waals surface area contributed by atoms with Crippen molar-refractivity contribution in [2.75, 3.05) is 0 Å². The third kappa shape index (κ3) is 3.03. The average Bonchev–Trinajstić information content (AvgIpc) is 2.94. The Morgan fingerprint density at radius 3 is 2.71 bits per heavy atom. The summed E-state index contributed by atoms with van der Waals surface area (Å²) < 4.78 is 23.4. The van der Waals surface area contributed by atoms with E-state index in [0.29, 0.717) is 5.56 Å². The summed E-state index contributed by atoms with van der Waals surface area (Å²) in [5.41, 5.74) is 0.135. The van der Waals surface area contributed by atoms with Gasteiger partial charge in [-0.3, -0.25) is 0 Å². The van der Waals surface area contributed by atoms with Gasteiger partial charge in [0.15, 0.2) is 6.10 Å². The molecular formula is C13H15FO3. The Labute approximate surface area is 99.5 Å². The molecule has 1 saturated heterocycles. The van der Waals surface area contributed by atoms with Crippen LogP contribution in [0.15, 0.2) is 24.3 Å². The van der Waals surface area contributed by atoms with E-state index in [2.05, 4.69) is 0 Å². The van der Waals surface area contributed by atoms with Crippen molar-refractivity contribution >= 4 is 5.97 Å². The number of epoxide rings is 1. The van der Waals surface area contributed by atoms with E-state index < -0.39 is 17.7 Å². The van der Waals surface area contributed by atoms with E-state index in [1.807, 2.05) is 0 Å². The van der Waals surface area contributed by atoms with Crippen LogP contribution in [0.2, 0.25) is 0 Å². The molecule has 17 heavy (non-hydrogen) atoms. The highest BCUT2D eigenvalue weighted by Crippen LogP contribution is 2.40. The second kappa shape index (κ2) is 4.11. The molecule has 2 atom stereocenters. The molecule has 4 heteroatoms. The molecule has 92 valence electrons. The van der Waals surface area contributed by atoms with Gasteiger partial charge >= 0.3 is 5.97 Å². The lowest BCUT2D eigenvalue weighted by molar-refractivity contribution is -0.156. The first-order valence-electron chi connectivity index (χ1n) is 5.50. The van der Waals surface area contributed by atoms with Crippen molar-refractivity contribution in [1.82, 2.24) is 0 Å². The second-order valence-electron chi connectivity index (χ2n) is 5.07. The standard InChI is InChI=1S/C13H15FO3/c1-13(2,3)17-12(15)11-10(16-11)8-5-4-6-9(14)7-8/h4-7,10-11H,1-3H3/t10-,11+/m0/s1. The predicted molar refractivity (Wildman–Crippen MR) is 59.9 cm³/mol. The number of carbonyl (C=O) groups is 1. The lowest BCUT2D eigenvalue weighted by Crippen LogP contribution is -2.26. The van der Waals surface area contributed by atoms with E-state index in [1.165, 1.54) is 12.1 Å². The summed E-state index contributed by atoms with van der Waals surface area (Å²) in [5, 5.41) is 0. The van der Waals surface area contributed by atoms with Crippen LogP contribution in [0, 0.1) is 5.82 Å². The fourth-order valence-electron chi connectivity index (χ4n) is 1.59. The normalized spacial score (nSPS) is 23.3. The van der Waals surface area contributed by atoms with Gasteiger partial charge in [-0.05, 0) is 38.5 Å². The van der Waals surface area contributed by atoms with E-state index in [0.717, 1.165) is 0 Å². The molecule has 0 N–H and O–H groups in total. The second-order valence-corrected chi connectivity index (χ2v) is 5.07. The fourth-order valence-corrected chi connectivity index (χ4v) is 1.59. The predicted octanol–water partition coefficient (Wildman–Crippen LogP) is 2.61. The monoisotopic (exact) mass is 238 g/mol. The van der Waals surface area contributed by atoms with Crippen LogP contribution < -0.4 is 0 Å². The molecule has 1 aromatic carbocycles. The van der Waals surface area contributed by atoms with Gasteiger partial charge in [0.1, 0.15) is 17.5 Å². The minimum Gasteiger partial charge on any atom is -0.458 e. The number of carbonyl (C=O) groups excluding carboxylic acids is 1. The molecule has 3 nitrogen and oxygen atoms in total. The van der Waals surface area contributed by atoms with Gasteiger partial charge < -0.3 is 9.47 Å². The van der Waals surface area contributed by atoms with Crippen LogP contribution in [0.25, 0.3) is 0 Å². The number of benzene rings is 1. The van der Waals surface area contributed by atoms with Crippen LogP contribution in [0.4, 0.5) is 4.39 Å². The largest absolute Gasteiger partial charge is 0.458 e. The Morgan fingerprint density at radius 2 is 2.12 bits per heavy atom. The van der Waals surface area contributed by atoms with Crippen LogP contribution in [0.3, 0.4) is 0 Å². The molecule has 2 rings (SSSR count). The molecule has 0 radical (unpaired) electrons. The summed E-state index contributed by atoms with van der Waals surface area (Å²) in [6, 6.07) is 6.06. The average molecular weight is 238 g/mol. The molecule has 1 aromatic rings. The lowest BCUT2D eigenvalue weighted by atomic mass is 10.1. The van der Waals surface area contributed by atoms with Gasteiger partial charge in [0.2, 0.25) is 0 Å². The zero-order valence-electron chi connectivity index (χ0n) is 10.1. The van der Waals surface area contributed by atoms with Crippen molar-refractivity contribution in [3.63, 3.8) is 0 Å². The van der Waals surface area contributed by atoms with Gasteiger partial charge in [0.05, 0.1) is 0 Å². The molecule has 1 aliphatic heterocycles. The molecule has 1 heterocycles. The van der Waals surface area contributed by atoms with E-state index >= 15 is 0 Å². The van der Waals surface area contributed by atoms with E-state index in [9.17, 15) is 9.18 Å². The highest BCUT2D eigenvalue weighted by molar-refractivity contribution is 5.78. The molecule has 0 bridgehead atoms. The van der Waals surface area contributed by atoms with Crippen molar-refractivity contribution in [3.8, 4) is 0 Å². The third-order valence-corrected chi connectivity index (χ3v) is 2.31. The minimum atomic E-state index is -0.601. The van der Waals surface area contributed by atoms with Crippen molar-refractivity contribution < 1.29 is 18.7 Å². The maximum atomic E-state index is 13.0. The van der Waals surface area contributed by atoms with E-state index in [4.69, 9.17) is 9.47 Å². The Morgan fingerprint density at radius 1 is 1.41 bits per heavy atom. The number of hydrogen-bond donors (Lipinski definition) is 0. The van der Waals surface area contributed by atoms with E-state index in [1.54, 1.807) is 32.9 Å². The Hall–Kier alpha value is -1.42. The molecule has 1 fully saturated rings. The van der Waals surface area contributed by atoms with Crippen LogP contribution in [-0.4, -0.2) is 17.7 Å². The number of esters is 1. The number of halogens is 1. The highest BCUT2D eigenvalue weighted by Gasteiger charge is 2.48. The fraction of sp³-hybridized carbons (Fsp3) is 0.462. The first-order valence-corrected chi connectivity index (χ1v) is 5.50. The molecule has 0 amide bonds. The third-order valence-electron chi connectivity index (χ3n) is 2.31. The summed E-state index contributed by atoms with van der Waals surface area (Å²) in [7, 11) is 0. The van der Waals surface area contributed by atoms with Gasteiger partial charge in [-0.25, -0.2) is 9.18 Å². The van der Waals surface area contributed by atoms with Crippen LogP contribution in [-0.2, 0) is 14.3 Å². The molecule has 0 unspecified atom stereocenters. The summed E-state index contributed by atoms with van der Waals surface area (Å²) in [6.07, 6.45) is -0.975. The molecule has 0 spiro atoms. The quantitative estimate of drug-likeness (QED) is 0.587. The Bertz CT molecular complexity index is 437. The van der Waals surface area contributed by atoms with E-state index in [-0.39, 0.29) is 11.9 Å². The Balaban J connectivity index is 1.99. The zero-order chi connectivity index (χ0) is 12.6. The summed E-state index contributed by atoms with van der Waals surface area (Å²) in [4.78, 5) is 11.6. The van der Waals surface area contributed by atoms with Crippen molar-refractivity contribution in [2.24, 2.45) is 0 Å². The molecular weight excluding hydrogens is 223 g/mol. The van der Waals surface area contributed by atoms with Crippen molar-refractivity contribution in [1.29, 1.82) is 0 Å². The lowest BCUT2D eigenvalue weighted by Gasteiger charge is -2.18. The smallest absolute Gasteiger partial charge is 0.338 e. The first kappa shape index (κ1) is 12.0. The van der Waals surface area contributed by atoms with Gasteiger partial charge in [0, 0.05) is 0 Å². The maximum Gasteiger partial charge on any atom is 0.338 e. The van der Waals surface area contributed by atoms with Crippen molar-refractivity contribution in [3.05, 3.63) is 35.6 Å². The van der Waals surface area contributed by atoms with Crippen LogP contribution in [0.5, 0.6) is 0 Å². The van der Waals surface area contributed by atoms with Gasteiger partial charge in [-0.1, -0.05) is 12.1 Å². The SMILES string of the molecule is CC(C)(C)OC(=O)[C@@H]1O[C@H]1c1cccc(F)c1. The maximum absolute atomic E-state index is 13.0. The molecule has 1 aliphatic rings. The molecule has 0 saturated carbocycles. The Kier molecular flexibility index (Phi) is 2.91. The summed E-state index contributed by atoms with van der Waals surface area (Å²) in [5.74, 6) is -0.729. The topological polar surface area (TPSA) is 38.8 Å². The highest BCUT2D eigenvalue weighted by atomic mass is 19.1. The van der Waals surface area contributed by atoms with Gasteiger partial charge in [0.25, 0.3) is 0 Å². The van der Waals surface area contributed by atoms with Gasteiger partial charge in [-0.2, -0.15) is 0 Å². The summed E-state index contributed by atoms with van der Waals surface area (Å²) >= 11 is 0. The number of hydrogen-bond acceptors (Lipinski definition) is 3. The zero-order valence-corrected chi connectivity index (χ0v) is 10.1. The van der Waals surface area contributed by atoms with Crippen LogP contribution >= 0.6 is 0 Å². The molecule has 0 aliphatic carbocycles.